The van der Waals surface area contributed by atoms with E-state index in [0.717, 1.165) is 22.4 Å². The van der Waals surface area contributed by atoms with Crippen molar-refractivity contribution in [1.82, 2.24) is 5.32 Å². The minimum absolute atomic E-state index is 0.0514. The molecule has 2 aromatic rings. The molecule has 1 amide bonds. The lowest BCUT2D eigenvalue weighted by Crippen LogP contribution is -2.37. The average Bonchev–Trinajstić information content (AvgIpc) is 2.52. The van der Waals surface area contributed by atoms with Crippen LogP contribution in [-0.2, 0) is 4.79 Å². The van der Waals surface area contributed by atoms with E-state index < -0.39 is 6.10 Å². The molecule has 2 atom stereocenters. The Morgan fingerprint density at radius 1 is 0.958 bits per heavy atom. The Kier molecular flexibility index (Phi) is 5.66. The molecule has 1 N–H and O–H groups in total. The van der Waals surface area contributed by atoms with Gasteiger partial charge in [-0.2, -0.15) is 0 Å². The normalized spacial score (nSPS) is 13.2. The highest BCUT2D eigenvalue weighted by Gasteiger charge is 2.19. The highest BCUT2D eigenvalue weighted by Crippen LogP contribution is 2.24. The standard InChI is InChI=1S/C21H27NO2/c1-13-7-9-19(10-8-13)17(5)22-21(23)18(6)24-20-12-14(2)11-15(3)16(20)4/h7-12,17-18H,1-6H3,(H,22,23)/t17-,18+/m0/s1. The summed E-state index contributed by atoms with van der Waals surface area (Å²) >= 11 is 0. The Bertz CT molecular complexity index is 719. The van der Waals surface area contributed by atoms with Gasteiger partial charge >= 0.3 is 0 Å². The molecule has 0 saturated carbocycles. The van der Waals surface area contributed by atoms with E-state index in [1.54, 1.807) is 6.92 Å². The highest BCUT2D eigenvalue weighted by atomic mass is 16.5. The van der Waals surface area contributed by atoms with Crippen molar-refractivity contribution in [3.05, 3.63) is 64.2 Å². The lowest BCUT2D eigenvalue weighted by atomic mass is 10.1. The van der Waals surface area contributed by atoms with E-state index in [4.69, 9.17) is 4.74 Å². The van der Waals surface area contributed by atoms with Crippen molar-refractivity contribution < 1.29 is 9.53 Å². The maximum absolute atomic E-state index is 12.4. The minimum Gasteiger partial charge on any atom is -0.481 e. The van der Waals surface area contributed by atoms with Crippen LogP contribution in [0.5, 0.6) is 5.75 Å². The fourth-order valence-electron chi connectivity index (χ4n) is 2.64. The molecule has 0 bridgehead atoms. The van der Waals surface area contributed by atoms with E-state index >= 15 is 0 Å². The molecule has 2 rings (SSSR count). The second-order valence-electron chi connectivity index (χ2n) is 6.61. The largest absolute Gasteiger partial charge is 0.481 e. The summed E-state index contributed by atoms with van der Waals surface area (Å²) in [4.78, 5) is 12.4. The van der Waals surface area contributed by atoms with Crippen LogP contribution in [0.2, 0.25) is 0 Å². The van der Waals surface area contributed by atoms with E-state index in [0.29, 0.717) is 0 Å². The molecule has 0 aliphatic carbocycles. The average molecular weight is 325 g/mol. The number of carbonyl (C=O) groups is 1. The van der Waals surface area contributed by atoms with Crippen molar-refractivity contribution in [2.45, 2.75) is 53.7 Å². The van der Waals surface area contributed by atoms with Crippen molar-refractivity contribution in [1.29, 1.82) is 0 Å². The molecule has 24 heavy (non-hydrogen) atoms. The molecule has 128 valence electrons. The SMILES string of the molecule is Cc1ccc([C@H](C)NC(=O)[C@@H](C)Oc2cc(C)cc(C)c2C)cc1. The second-order valence-corrected chi connectivity index (χ2v) is 6.61. The van der Waals surface area contributed by atoms with Crippen LogP contribution >= 0.6 is 0 Å². The summed E-state index contributed by atoms with van der Waals surface area (Å²) < 4.78 is 5.91. The van der Waals surface area contributed by atoms with Gasteiger partial charge in [0, 0.05) is 0 Å². The lowest BCUT2D eigenvalue weighted by Gasteiger charge is -2.20. The quantitative estimate of drug-likeness (QED) is 0.875. The summed E-state index contributed by atoms with van der Waals surface area (Å²) in [5, 5.41) is 3.02. The van der Waals surface area contributed by atoms with E-state index in [1.165, 1.54) is 11.1 Å². The van der Waals surface area contributed by atoms with Crippen molar-refractivity contribution >= 4 is 5.91 Å². The molecule has 0 aromatic heterocycles. The third-order valence-corrected chi connectivity index (χ3v) is 4.37. The fourth-order valence-corrected chi connectivity index (χ4v) is 2.64. The second kappa shape index (κ2) is 7.52. The van der Waals surface area contributed by atoms with Crippen LogP contribution < -0.4 is 10.1 Å². The number of hydrogen-bond acceptors (Lipinski definition) is 2. The Hall–Kier alpha value is -2.29. The monoisotopic (exact) mass is 325 g/mol. The number of nitrogens with one attached hydrogen (secondary N) is 1. The van der Waals surface area contributed by atoms with Gasteiger partial charge in [-0.3, -0.25) is 4.79 Å². The first-order valence-electron chi connectivity index (χ1n) is 8.39. The first-order valence-corrected chi connectivity index (χ1v) is 8.39. The third-order valence-electron chi connectivity index (χ3n) is 4.37. The maximum Gasteiger partial charge on any atom is 0.261 e. The first-order chi connectivity index (χ1) is 11.3. The first kappa shape index (κ1) is 18.1. The van der Waals surface area contributed by atoms with Gasteiger partial charge in [0.15, 0.2) is 6.10 Å². The molecular weight excluding hydrogens is 298 g/mol. The summed E-state index contributed by atoms with van der Waals surface area (Å²) in [7, 11) is 0. The highest BCUT2D eigenvalue weighted by molar-refractivity contribution is 5.81. The summed E-state index contributed by atoms with van der Waals surface area (Å²) in [6, 6.07) is 12.2. The molecule has 0 radical (unpaired) electrons. The number of benzene rings is 2. The summed E-state index contributed by atoms with van der Waals surface area (Å²) in [5.41, 5.74) is 5.68. The lowest BCUT2D eigenvalue weighted by molar-refractivity contribution is -0.127. The van der Waals surface area contributed by atoms with Gasteiger partial charge in [0.2, 0.25) is 0 Å². The molecule has 0 unspecified atom stereocenters. The summed E-state index contributed by atoms with van der Waals surface area (Å²) in [6.45, 7) is 11.9. The third kappa shape index (κ3) is 4.38. The molecule has 0 heterocycles. The van der Waals surface area contributed by atoms with Crippen molar-refractivity contribution in [2.24, 2.45) is 0 Å². The molecular formula is C21H27NO2. The van der Waals surface area contributed by atoms with Gasteiger partial charge in [0.05, 0.1) is 6.04 Å². The molecule has 0 aliphatic heterocycles. The van der Waals surface area contributed by atoms with Gasteiger partial charge in [-0.25, -0.2) is 0 Å². The predicted molar refractivity (Wildman–Crippen MR) is 98.5 cm³/mol. The molecule has 3 heteroatoms. The van der Waals surface area contributed by atoms with Gasteiger partial charge in [0.1, 0.15) is 5.75 Å². The number of rotatable bonds is 5. The Labute approximate surface area is 145 Å². The number of ether oxygens (including phenoxy) is 1. The van der Waals surface area contributed by atoms with E-state index in [1.807, 2.05) is 39.0 Å². The number of hydrogen-bond donors (Lipinski definition) is 1. The molecule has 0 saturated heterocycles. The molecule has 2 aromatic carbocycles. The minimum atomic E-state index is -0.544. The number of amides is 1. The van der Waals surface area contributed by atoms with Crippen molar-refractivity contribution in [3.63, 3.8) is 0 Å². The zero-order valence-corrected chi connectivity index (χ0v) is 15.4. The molecule has 0 aliphatic rings. The van der Waals surface area contributed by atoms with E-state index in [2.05, 4.69) is 37.4 Å². The van der Waals surface area contributed by atoms with Gasteiger partial charge in [0.25, 0.3) is 5.91 Å². The van der Waals surface area contributed by atoms with Crippen LogP contribution in [0.3, 0.4) is 0 Å². The van der Waals surface area contributed by atoms with E-state index in [-0.39, 0.29) is 11.9 Å². The predicted octanol–water partition coefficient (Wildman–Crippen LogP) is 4.56. The van der Waals surface area contributed by atoms with E-state index in [9.17, 15) is 4.79 Å². The van der Waals surface area contributed by atoms with Crippen LogP contribution in [0.4, 0.5) is 0 Å². The van der Waals surface area contributed by atoms with Crippen LogP contribution in [0, 0.1) is 27.7 Å². The van der Waals surface area contributed by atoms with Crippen LogP contribution in [0.25, 0.3) is 0 Å². The van der Waals surface area contributed by atoms with Crippen molar-refractivity contribution in [2.75, 3.05) is 0 Å². The van der Waals surface area contributed by atoms with Crippen LogP contribution in [0.1, 0.15) is 47.7 Å². The van der Waals surface area contributed by atoms with Gasteiger partial charge in [-0.05, 0) is 69.9 Å². The Morgan fingerprint density at radius 2 is 1.58 bits per heavy atom. The van der Waals surface area contributed by atoms with Gasteiger partial charge in [-0.1, -0.05) is 35.9 Å². The van der Waals surface area contributed by atoms with Gasteiger partial charge < -0.3 is 10.1 Å². The summed E-state index contributed by atoms with van der Waals surface area (Å²) in [6.07, 6.45) is -0.544. The topological polar surface area (TPSA) is 38.3 Å². The molecule has 0 spiro atoms. The van der Waals surface area contributed by atoms with Gasteiger partial charge in [-0.15, -0.1) is 0 Å². The maximum atomic E-state index is 12.4. The zero-order chi connectivity index (χ0) is 17.9. The molecule has 0 fully saturated rings. The Balaban J connectivity index is 2.03. The fraction of sp³-hybridized carbons (Fsp3) is 0.381. The smallest absolute Gasteiger partial charge is 0.261 e. The Morgan fingerprint density at radius 3 is 2.21 bits per heavy atom. The van der Waals surface area contributed by atoms with Crippen LogP contribution in [0.15, 0.2) is 36.4 Å². The number of carbonyl (C=O) groups excluding carboxylic acids is 1. The van der Waals surface area contributed by atoms with Crippen LogP contribution in [-0.4, -0.2) is 12.0 Å². The molecule has 3 nitrogen and oxygen atoms in total. The number of aryl methyl sites for hydroxylation is 3. The zero-order valence-electron chi connectivity index (χ0n) is 15.4. The summed E-state index contributed by atoms with van der Waals surface area (Å²) in [5.74, 6) is 0.666. The van der Waals surface area contributed by atoms with Crippen molar-refractivity contribution in [3.8, 4) is 5.75 Å².